The zero-order chi connectivity index (χ0) is 0. The Balaban J connectivity index is 0. The number of rotatable bonds is 0. The molecule has 2 radical (unpaired) electrons. The SMILES string of the molecule is [Cu].[Mn].[Ni].[Zn].[Zn]. The third kappa shape index (κ3) is 20.0. The van der Waals surface area contributed by atoms with Crippen molar-refractivity contribution in [2.24, 2.45) is 0 Å². The molecule has 0 bridgehead atoms. The summed E-state index contributed by atoms with van der Waals surface area (Å²) in [5, 5.41) is 0. The maximum absolute atomic E-state index is 0. The summed E-state index contributed by atoms with van der Waals surface area (Å²) in [7, 11) is 0. The minimum atomic E-state index is 0. The molecule has 0 aromatic carbocycles. The van der Waals surface area contributed by atoms with Crippen molar-refractivity contribution in [1.82, 2.24) is 0 Å². The summed E-state index contributed by atoms with van der Waals surface area (Å²) in [5.74, 6) is 0. The summed E-state index contributed by atoms with van der Waals surface area (Å²) in [5.41, 5.74) is 0. The molecule has 0 aromatic heterocycles. The van der Waals surface area contributed by atoms with Gasteiger partial charge in [-0.2, -0.15) is 0 Å². The largest absolute Gasteiger partial charge is 0 e. The maximum Gasteiger partial charge on any atom is 0 e. The maximum atomic E-state index is 0. The van der Waals surface area contributed by atoms with Crippen LogP contribution in [0, 0.1) is 0 Å². The number of hydrogen-bond acceptors (Lipinski definition) is 0. The van der Waals surface area contributed by atoms with Gasteiger partial charge >= 0.3 is 0 Å². The van der Waals surface area contributed by atoms with Crippen molar-refractivity contribution in [3.05, 3.63) is 0 Å². The normalized spacial score (nSPS) is 0. The molecule has 0 atom stereocenters. The van der Waals surface area contributed by atoms with Gasteiger partial charge in [0.05, 0.1) is 0 Å². The fourth-order valence-corrected chi connectivity index (χ4v) is 0. The van der Waals surface area contributed by atoms with Crippen LogP contribution in [-0.2, 0) is 89.6 Å². The standard InChI is InChI=1S/Cu.Mn.Ni.2Zn. The monoisotopic (exact) mass is 304 g/mol. The fourth-order valence-electron chi connectivity index (χ4n) is 0. The first-order valence-electron chi connectivity index (χ1n) is 0. The van der Waals surface area contributed by atoms with E-state index in [0.29, 0.717) is 0 Å². The summed E-state index contributed by atoms with van der Waals surface area (Å²) in [6.45, 7) is 0. The van der Waals surface area contributed by atoms with Crippen molar-refractivity contribution in [2.75, 3.05) is 0 Å². The molecule has 0 aliphatic carbocycles. The summed E-state index contributed by atoms with van der Waals surface area (Å²) in [6, 6.07) is 0. The van der Waals surface area contributed by atoms with Crippen molar-refractivity contribution in [2.45, 2.75) is 0 Å². The first kappa shape index (κ1) is 46.3. The van der Waals surface area contributed by atoms with Gasteiger partial charge in [-0.3, -0.25) is 0 Å². The predicted molar refractivity (Wildman–Crippen MR) is 0 cm³/mol. The summed E-state index contributed by atoms with van der Waals surface area (Å²) < 4.78 is 0. The van der Waals surface area contributed by atoms with Crippen molar-refractivity contribution in [3.8, 4) is 0 Å². The Bertz CT molecular complexity index is 9.61. The topological polar surface area (TPSA) is 0 Å². The van der Waals surface area contributed by atoms with Gasteiger partial charge in [-0.05, 0) is 0 Å². The van der Waals surface area contributed by atoms with Crippen LogP contribution in [0.2, 0.25) is 0 Å². The van der Waals surface area contributed by atoms with Crippen LogP contribution in [-0.4, -0.2) is 0 Å². The minimum Gasteiger partial charge on any atom is 0 e. The van der Waals surface area contributed by atoms with E-state index in [1.165, 1.54) is 0 Å². The Labute approximate surface area is 88.4 Å². The zero-order valence-electron chi connectivity index (χ0n) is 2.41. The van der Waals surface area contributed by atoms with Crippen LogP contribution in [0.25, 0.3) is 0 Å². The van der Waals surface area contributed by atoms with Gasteiger partial charge in [0.15, 0.2) is 0 Å². The molecule has 0 aliphatic heterocycles. The van der Waals surface area contributed by atoms with Gasteiger partial charge in [-0.15, -0.1) is 0 Å². The van der Waals surface area contributed by atoms with E-state index < -0.39 is 0 Å². The molecule has 0 rings (SSSR count). The summed E-state index contributed by atoms with van der Waals surface area (Å²) in [6.07, 6.45) is 0. The molecular weight excluding hydrogens is 308 g/mol. The van der Waals surface area contributed by atoms with Crippen LogP contribution >= 0.6 is 0 Å². The average Bonchev–Trinajstić information content (AvgIpc) is 0. The van der Waals surface area contributed by atoms with E-state index in [1.54, 1.807) is 0 Å². The molecule has 0 N–H and O–H groups in total. The zero-order valence-corrected chi connectivity index (χ0v) is 11.5. The van der Waals surface area contributed by atoms with Gasteiger partial charge in [-0.1, -0.05) is 0 Å². The third-order valence-corrected chi connectivity index (χ3v) is 0. The van der Waals surface area contributed by atoms with Crippen molar-refractivity contribution in [3.63, 3.8) is 0 Å². The van der Waals surface area contributed by atoms with E-state index in [2.05, 4.69) is 0 Å². The van der Waals surface area contributed by atoms with Gasteiger partial charge in [-0.25, -0.2) is 0 Å². The molecular formula is CuMnNiZn2. The molecule has 0 heterocycles. The number of hydrogen-bond donors (Lipinski definition) is 0. The average molecular weight is 308 g/mol. The smallest absolute Gasteiger partial charge is 0 e. The molecule has 0 aromatic rings. The summed E-state index contributed by atoms with van der Waals surface area (Å²) in [4.78, 5) is 0. The van der Waals surface area contributed by atoms with Gasteiger partial charge in [0.2, 0.25) is 0 Å². The van der Waals surface area contributed by atoms with Gasteiger partial charge in [0.25, 0.3) is 0 Å². The third-order valence-electron chi connectivity index (χ3n) is 0. The Morgan fingerprint density at radius 1 is 0.800 bits per heavy atom. The second-order valence-electron chi connectivity index (χ2n) is 0. The Kier molecular flexibility index (Phi) is 271. The quantitative estimate of drug-likeness (QED) is 0.552. The van der Waals surface area contributed by atoms with Crippen LogP contribution in [0.15, 0.2) is 0 Å². The fraction of sp³-hybridized carbons (Fsp3) is 0. The van der Waals surface area contributed by atoms with Crippen molar-refractivity contribution >= 4 is 0 Å². The predicted octanol–water partition coefficient (Wildman–Crippen LogP) is -0.0125. The molecule has 0 fully saturated rings. The Morgan fingerprint density at radius 2 is 0.800 bits per heavy atom. The molecule has 0 nitrogen and oxygen atoms in total. The van der Waals surface area contributed by atoms with E-state index in [-0.39, 0.29) is 89.6 Å². The summed E-state index contributed by atoms with van der Waals surface area (Å²) >= 11 is 0. The van der Waals surface area contributed by atoms with Gasteiger partial charge in [0.1, 0.15) is 0 Å². The van der Waals surface area contributed by atoms with Crippen LogP contribution in [0.3, 0.4) is 0 Å². The first-order chi connectivity index (χ1) is 0. The van der Waals surface area contributed by atoms with Gasteiger partial charge in [0, 0.05) is 89.6 Å². The molecule has 0 saturated heterocycles. The van der Waals surface area contributed by atoms with E-state index >= 15 is 0 Å². The van der Waals surface area contributed by atoms with E-state index in [0.717, 1.165) is 0 Å². The first-order valence-corrected chi connectivity index (χ1v) is 0. The molecule has 0 spiro atoms. The molecule has 0 saturated carbocycles. The molecule has 0 unspecified atom stereocenters. The van der Waals surface area contributed by atoms with Crippen molar-refractivity contribution < 1.29 is 89.6 Å². The van der Waals surface area contributed by atoms with E-state index in [9.17, 15) is 0 Å². The van der Waals surface area contributed by atoms with Crippen molar-refractivity contribution in [1.29, 1.82) is 0 Å². The van der Waals surface area contributed by atoms with E-state index in [4.69, 9.17) is 0 Å². The minimum absolute atomic E-state index is 0. The van der Waals surface area contributed by atoms with Crippen LogP contribution in [0.5, 0.6) is 0 Å². The Hall–Kier alpha value is 2.78. The molecule has 0 amide bonds. The van der Waals surface area contributed by atoms with Gasteiger partial charge < -0.3 is 0 Å². The molecule has 5 heavy (non-hydrogen) atoms. The Morgan fingerprint density at radius 3 is 0.800 bits per heavy atom. The van der Waals surface area contributed by atoms with Crippen LogP contribution in [0.4, 0.5) is 0 Å². The molecule has 5 heteroatoms. The van der Waals surface area contributed by atoms with Crippen LogP contribution in [0.1, 0.15) is 0 Å². The molecule has 0 aliphatic rings. The second-order valence-corrected chi connectivity index (χ2v) is 0. The van der Waals surface area contributed by atoms with Crippen LogP contribution < -0.4 is 0 Å². The second kappa shape index (κ2) is 29.3. The van der Waals surface area contributed by atoms with E-state index in [1.807, 2.05) is 0 Å². The molecule has 32 valence electrons.